The fraction of sp³-hybridized carbons (Fsp3) is 0.667. The first kappa shape index (κ1) is 9.26. The highest BCUT2D eigenvalue weighted by Crippen LogP contribution is 1.95. The molecule has 0 aliphatic rings. The van der Waals surface area contributed by atoms with Gasteiger partial charge in [0, 0.05) is 0 Å². The van der Waals surface area contributed by atoms with Gasteiger partial charge < -0.3 is 15.0 Å². The Labute approximate surface area is 58.5 Å². The number of ketones is 1. The minimum absolute atomic E-state index is 0.341. The monoisotopic (exact) mass is 146 g/mol. The van der Waals surface area contributed by atoms with E-state index in [9.17, 15) is 9.59 Å². The molecule has 0 aliphatic carbocycles. The molecule has 2 unspecified atom stereocenters. The maximum absolute atomic E-state index is 10.5. The van der Waals surface area contributed by atoms with E-state index in [1.54, 1.807) is 0 Å². The van der Waals surface area contributed by atoms with Gasteiger partial charge in [-0.25, -0.2) is 0 Å². The molecule has 0 aromatic heterocycles. The van der Waals surface area contributed by atoms with Gasteiger partial charge in [0.2, 0.25) is 0 Å². The second kappa shape index (κ2) is 4.14. The highest BCUT2D eigenvalue weighted by Gasteiger charge is 2.18. The van der Waals surface area contributed by atoms with Gasteiger partial charge in [-0.2, -0.15) is 0 Å². The van der Waals surface area contributed by atoms with Crippen molar-refractivity contribution < 1.29 is 19.8 Å². The third-order valence-corrected chi connectivity index (χ3v) is 1.07. The molecule has 0 rings (SSSR count). The lowest BCUT2D eigenvalue weighted by atomic mass is 10.1. The van der Waals surface area contributed by atoms with Crippen molar-refractivity contribution >= 4 is 12.1 Å². The van der Waals surface area contributed by atoms with E-state index < -0.39 is 18.0 Å². The highest BCUT2D eigenvalue weighted by molar-refractivity contribution is 5.93. The predicted molar refractivity (Wildman–Crippen MR) is 33.4 cm³/mol. The lowest BCUT2D eigenvalue weighted by Gasteiger charge is -2.09. The maximum atomic E-state index is 10.5. The summed E-state index contributed by atoms with van der Waals surface area (Å²) in [5.74, 6) is -0.648. The molecule has 0 saturated carbocycles. The first-order chi connectivity index (χ1) is 4.59. The van der Waals surface area contributed by atoms with Crippen LogP contribution in [0.15, 0.2) is 0 Å². The van der Waals surface area contributed by atoms with Gasteiger partial charge in [-0.3, -0.25) is 4.79 Å². The average molecular weight is 146 g/mol. The molecule has 0 radical (unpaired) electrons. The van der Waals surface area contributed by atoms with Gasteiger partial charge in [0.05, 0.1) is 12.5 Å². The third-order valence-electron chi connectivity index (χ3n) is 1.07. The molecule has 0 bridgehead atoms. The Balaban J connectivity index is 3.81. The normalized spacial score (nSPS) is 15.9. The first-order valence-electron chi connectivity index (χ1n) is 2.92. The molecule has 0 spiro atoms. The summed E-state index contributed by atoms with van der Waals surface area (Å²) in [7, 11) is 0. The molecular weight excluding hydrogens is 136 g/mol. The van der Waals surface area contributed by atoms with Crippen LogP contribution < -0.4 is 0 Å². The van der Waals surface area contributed by atoms with Crippen LogP contribution in [0.25, 0.3) is 0 Å². The van der Waals surface area contributed by atoms with Crippen LogP contribution in [0.2, 0.25) is 0 Å². The van der Waals surface area contributed by atoms with E-state index in [0.717, 1.165) is 0 Å². The van der Waals surface area contributed by atoms with Crippen molar-refractivity contribution in [2.45, 2.75) is 25.6 Å². The second-order valence-corrected chi connectivity index (χ2v) is 2.02. The molecule has 0 fully saturated rings. The molecule has 2 N–H and O–H groups in total. The number of carbonyl (C=O) groups excluding carboxylic acids is 2. The molecule has 2 atom stereocenters. The Hall–Kier alpha value is -0.740. The zero-order chi connectivity index (χ0) is 8.15. The summed E-state index contributed by atoms with van der Waals surface area (Å²) >= 11 is 0. The minimum Gasteiger partial charge on any atom is -0.390 e. The largest absolute Gasteiger partial charge is 0.390 e. The number of rotatable bonds is 4. The SMILES string of the molecule is CC(O)C(O)C(=O)CC=O. The number of hydrogen-bond acceptors (Lipinski definition) is 4. The number of Topliss-reactive ketones (excluding diaryl/α,β-unsaturated/α-hetero) is 1. The lowest BCUT2D eigenvalue weighted by molar-refractivity contribution is -0.133. The Bertz CT molecular complexity index is 130. The topological polar surface area (TPSA) is 74.6 Å². The quantitative estimate of drug-likeness (QED) is 0.389. The number of hydrogen-bond donors (Lipinski definition) is 2. The van der Waals surface area contributed by atoms with Crippen LogP contribution in [0.4, 0.5) is 0 Å². The van der Waals surface area contributed by atoms with Crippen molar-refractivity contribution in [1.29, 1.82) is 0 Å². The predicted octanol–water partition coefficient (Wildman–Crippen LogP) is -1.11. The van der Waals surface area contributed by atoms with Crippen molar-refractivity contribution in [3.63, 3.8) is 0 Å². The summed E-state index contributed by atoms with van der Waals surface area (Å²) in [6.45, 7) is 1.29. The second-order valence-electron chi connectivity index (χ2n) is 2.02. The van der Waals surface area contributed by atoms with E-state index in [-0.39, 0.29) is 6.42 Å². The van der Waals surface area contributed by atoms with Gasteiger partial charge in [0.25, 0.3) is 0 Å². The third kappa shape index (κ3) is 2.70. The molecule has 0 saturated heterocycles. The standard InChI is InChI=1S/C6H10O4/c1-4(8)6(10)5(9)2-3-7/h3-4,6,8,10H,2H2,1H3. The van der Waals surface area contributed by atoms with Crippen LogP contribution in [-0.2, 0) is 9.59 Å². The van der Waals surface area contributed by atoms with Crippen molar-refractivity contribution in [3.8, 4) is 0 Å². The van der Waals surface area contributed by atoms with Gasteiger partial charge in [-0.1, -0.05) is 0 Å². The molecule has 0 aliphatic heterocycles. The van der Waals surface area contributed by atoms with E-state index in [4.69, 9.17) is 10.2 Å². The Kier molecular flexibility index (Phi) is 3.83. The van der Waals surface area contributed by atoms with Crippen LogP contribution in [0.1, 0.15) is 13.3 Å². The highest BCUT2D eigenvalue weighted by atomic mass is 16.3. The van der Waals surface area contributed by atoms with Gasteiger partial charge in [0.1, 0.15) is 12.4 Å². The Morgan fingerprint density at radius 2 is 2.10 bits per heavy atom. The smallest absolute Gasteiger partial charge is 0.170 e. The molecule has 58 valence electrons. The van der Waals surface area contributed by atoms with Gasteiger partial charge in [-0.05, 0) is 6.92 Å². The number of carbonyl (C=O) groups is 2. The number of aliphatic hydroxyl groups excluding tert-OH is 2. The van der Waals surface area contributed by atoms with E-state index in [1.165, 1.54) is 6.92 Å². The lowest BCUT2D eigenvalue weighted by Crippen LogP contribution is -2.31. The summed E-state index contributed by atoms with van der Waals surface area (Å²) in [6, 6.07) is 0. The van der Waals surface area contributed by atoms with Crippen LogP contribution in [0.3, 0.4) is 0 Å². The van der Waals surface area contributed by atoms with E-state index in [1.807, 2.05) is 0 Å². The van der Waals surface area contributed by atoms with E-state index >= 15 is 0 Å². The van der Waals surface area contributed by atoms with E-state index in [2.05, 4.69) is 0 Å². The van der Waals surface area contributed by atoms with Crippen LogP contribution in [0.5, 0.6) is 0 Å². The van der Waals surface area contributed by atoms with Crippen molar-refractivity contribution in [1.82, 2.24) is 0 Å². The molecule has 4 nitrogen and oxygen atoms in total. The summed E-state index contributed by atoms with van der Waals surface area (Å²) < 4.78 is 0. The summed E-state index contributed by atoms with van der Waals surface area (Å²) in [4.78, 5) is 20.3. The first-order valence-corrected chi connectivity index (χ1v) is 2.92. The molecule has 10 heavy (non-hydrogen) atoms. The zero-order valence-electron chi connectivity index (χ0n) is 5.65. The van der Waals surface area contributed by atoms with Crippen LogP contribution in [-0.4, -0.2) is 34.5 Å². The minimum atomic E-state index is -1.43. The average Bonchev–Trinajstić information content (AvgIpc) is 1.87. The molecule has 4 heteroatoms. The Morgan fingerprint density at radius 3 is 2.40 bits per heavy atom. The van der Waals surface area contributed by atoms with Gasteiger partial charge in [-0.15, -0.1) is 0 Å². The molecule has 0 aromatic carbocycles. The van der Waals surface area contributed by atoms with Gasteiger partial charge >= 0.3 is 0 Å². The molecule has 0 heterocycles. The number of aldehydes is 1. The van der Waals surface area contributed by atoms with Gasteiger partial charge in [0.15, 0.2) is 5.78 Å². The van der Waals surface area contributed by atoms with Crippen LogP contribution >= 0.6 is 0 Å². The van der Waals surface area contributed by atoms with Crippen LogP contribution in [0, 0.1) is 0 Å². The fourth-order valence-corrected chi connectivity index (χ4v) is 0.472. The van der Waals surface area contributed by atoms with Crippen molar-refractivity contribution in [3.05, 3.63) is 0 Å². The van der Waals surface area contributed by atoms with Crippen molar-refractivity contribution in [2.75, 3.05) is 0 Å². The molecule has 0 amide bonds. The van der Waals surface area contributed by atoms with E-state index in [0.29, 0.717) is 6.29 Å². The maximum Gasteiger partial charge on any atom is 0.170 e. The fourth-order valence-electron chi connectivity index (χ4n) is 0.472. The molecule has 0 aromatic rings. The summed E-state index contributed by atoms with van der Waals surface area (Å²) in [5.41, 5.74) is 0. The summed E-state index contributed by atoms with van der Waals surface area (Å²) in [5, 5.41) is 17.4. The number of aliphatic hydroxyl groups is 2. The van der Waals surface area contributed by atoms with Crippen molar-refractivity contribution in [2.24, 2.45) is 0 Å². The Morgan fingerprint density at radius 1 is 1.60 bits per heavy atom. The molecular formula is C6H10O4. The zero-order valence-corrected chi connectivity index (χ0v) is 5.65. The summed E-state index contributed by atoms with van der Waals surface area (Å²) in [6.07, 6.45) is -2.47.